The van der Waals surface area contributed by atoms with Gasteiger partial charge >= 0.3 is 6.18 Å². The lowest BCUT2D eigenvalue weighted by atomic mass is 9.89. The van der Waals surface area contributed by atoms with Crippen LogP contribution in [-0.4, -0.2) is 37.1 Å². The average Bonchev–Trinajstić information content (AvgIpc) is 3.07. The van der Waals surface area contributed by atoms with Crippen LogP contribution in [0.15, 0.2) is 103 Å². The predicted molar refractivity (Wildman–Crippen MR) is 199 cm³/mol. The number of alkyl halides is 3. The number of rotatable bonds is 11. The Bertz CT molecular complexity index is 2230. The zero-order valence-electron chi connectivity index (χ0n) is 27.9. The summed E-state index contributed by atoms with van der Waals surface area (Å²) in [5, 5.41) is 6.10. The summed E-state index contributed by atoms with van der Waals surface area (Å²) < 4.78 is 74.0. The average molecular weight is 770 g/mol. The second-order valence-corrected chi connectivity index (χ2v) is 14.7. The highest BCUT2D eigenvalue weighted by Crippen LogP contribution is 2.40. The number of hydrogen-bond donors (Lipinski definition) is 3. The molecule has 5 aromatic carbocycles. The first-order valence-corrected chi connectivity index (χ1v) is 18.3. The first-order valence-electron chi connectivity index (χ1n) is 16.0. The molecule has 1 atom stereocenters. The third-order valence-corrected chi connectivity index (χ3v) is 9.69. The van der Waals surface area contributed by atoms with E-state index in [1.54, 1.807) is 43.3 Å². The molecule has 3 N–H and O–H groups in total. The minimum absolute atomic E-state index is 0.0389. The highest BCUT2D eigenvalue weighted by Gasteiger charge is 2.35. The predicted octanol–water partition coefficient (Wildman–Crippen LogP) is 9.55. The smallest absolute Gasteiger partial charge is 0.351 e. The molecule has 1 unspecified atom stereocenters. The van der Waals surface area contributed by atoms with Gasteiger partial charge in [-0.25, -0.2) is 0 Å². The van der Waals surface area contributed by atoms with Gasteiger partial charge in [-0.3, -0.25) is 14.1 Å². The van der Waals surface area contributed by atoms with Crippen molar-refractivity contribution in [1.29, 1.82) is 0 Å². The molecule has 0 saturated carbocycles. The minimum atomic E-state index is -4.72. The van der Waals surface area contributed by atoms with Gasteiger partial charge in [0, 0.05) is 27.8 Å². The Balaban J connectivity index is 1.45. The van der Waals surface area contributed by atoms with Gasteiger partial charge in [-0.05, 0) is 113 Å². The number of hydrogen-bond acceptors (Lipinski definition) is 4. The molecule has 52 heavy (non-hydrogen) atoms. The maximum absolute atomic E-state index is 14.4. The molecular weight excluding hydrogens is 736 g/mol. The van der Waals surface area contributed by atoms with Gasteiger partial charge < -0.3 is 10.6 Å². The minimum Gasteiger partial charge on any atom is -0.351 e. The summed E-state index contributed by atoms with van der Waals surface area (Å²) in [6.07, 6.45) is -4.60. The van der Waals surface area contributed by atoms with E-state index in [4.69, 9.17) is 27.8 Å². The Kier molecular flexibility index (Phi) is 11.8. The van der Waals surface area contributed by atoms with Gasteiger partial charge in [-0.15, -0.1) is 0 Å². The van der Waals surface area contributed by atoms with Gasteiger partial charge in [-0.2, -0.15) is 21.6 Å². The number of benzene rings is 5. The Hall–Kier alpha value is -4.68. The standard InChI is InChI=1S/C39H33Cl2F3N2O5S/c1-23-19-29(40)11-14-32(23)26-7-9-27(10-8-26)35(21-25-3-5-28(6-4-25)37(47)45-17-18-52(49,50)51)38(48)46-31-13-16-34(36(22-31)39(42,43)44)33-15-12-30(41)20-24(33)2/h3-16,19-20,22,35H,17-18,21H2,1-2H3,(H,45,47)(H,46,48)(H,49,50,51). The van der Waals surface area contributed by atoms with Gasteiger partial charge in [0.1, 0.15) is 0 Å². The number of carbonyl (C=O) groups excluding carboxylic acids is 2. The number of nitrogens with one attached hydrogen (secondary N) is 2. The maximum atomic E-state index is 14.4. The van der Waals surface area contributed by atoms with E-state index in [1.807, 2.05) is 31.2 Å². The molecule has 0 bridgehead atoms. The van der Waals surface area contributed by atoms with Crippen molar-refractivity contribution in [1.82, 2.24) is 5.32 Å². The molecule has 2 amide bonds. The van der Waals surface area contributed by atoms with Gasteiger partial charge in [0.05, 0.1) is 17.2 Å². The fraction of sp³-hybridized carbons (Fsp3) is 0.179. The lowest BCUT2D eigenvalue weighted by Crippen LogP contribution is -2.28. The van der Waals surface area contributed by atoms with Crippen molar-refractivity contribution in [2.75, 3.05) is 17.6 Å². The molecule has 0 spiro atoms. The first kappa shape index (κ1) is 38.5. The van der Waals surface area contributed by atoms with Crippen LogP contribution in [0.2, 0.25) is 10.0 Å². The van der Waals surface area contributed by atoms with Crippen LogP contribution in [0.1, 0.15) is 44.1 Å². The zero-order chi connectivity index (χ0) is 37.8. The normalized spacial score (nSPS) is 12.3. The molecule has 270 valence electrons. The molecule has 0 heterocycles. The molecule has 7 nitrogen and oxygen atoms in total. The van der Waals surface area contributed by atoms with Gasteiger partial charge in [0.2, 0.25) is 5.91 Å². The third kappa shape index (κ3) is 9.80. The van der Waals surface area contributed by atoms with Crippen molar-refractivity contribution in [2.45, 2.75) is 32.4 Å². The molecule has 5 rings (SSSR count). The van der Waals surface area contributed by atoms with Crippen molar-refractivity contribution >= 4 is 50.8 Å². The van der Waals surface area contributed by atoms with Crippen LogP contribution >= 0.6 is 23.2 Å². The highest BCUT2D eigenvalue weighted by molar-refractivity contribution is 7.85. The monoisotopic (exact) mass is 768 g/mol. The van der Waals surface area contributed by atoms with Crippen LogP contribution in [0.5, 0.6) is 0 Å². The van der Waals surface area contributed by atoms with Crippen LogP contribution in [0, 0.1) is 13.8 Å². The largest absolute Gasteiger partial charge is 0.417 e. The Morgan fingerprint density at radius 3 is 1.90 bits per heavy atom. The highest BCUT2D eigenvalue weighted by atomic mass is 35.5. The van der Waals surface area contributed by atoms with E-state index in [1.165, 1.54) is 36.4 Å². The summed E-state index contributed by atoms with van der Waals surface area (Å²) >= 11 is 12.2. The zero-order valence-corrected chi connectivity index (χ0v) is 30.2. The molecule has 0 fully saturated rings. The first-order chi connectivity index (χ1) is 24.5. The van der Waals surface area contributed by atoms with Gasteiger partial charge in [-0.1, -0.05) is 77.8 Å². The summed E-state index contributed by atoms with van der Waals surface area (Å²) in [7, 11) is -4.25. The fourth-order valence-corrected chi connectivity index (χ4v) is 6.69. The van der Waals surface area contributed by atoms with Crippen LogP contribution < -0.4 is 10.6 Å². The number of anilines is 1. The quantitative estimate of drug-likeness (QED) is 0.116. The molecule has 0 radical (unpaired) electrons. The van der Waals surface area contributed by atoms with Gasteiger partial charge in [0.25, 0.3) is 16.0 Å². The summed E-state index contributed by atoms with van der Waals surface area (Å²) in [5.74, 6) is -2.61. The van der Waals surface area contributed by atoms with E-state index in [2.05, 4.69) is 10.6 Å². The number of halogens is 5. The molecule has 0 saturated heterocycles. The molecule has 0 aromatic heterocycles. The van der Waals surface area contributed by atoms with Crippen molar-refractivity contribution in [2.24, 2.45) is 0 Å². The van der Waals surface area contributed by atoms with Crippen molar-refractivity contribution in [3.8, 4) is 22.3 Å². The molecular formula is C39H33Cl2F3N2O5S. The molecule has 0 aliphatic carbocycles. The topological polar surface area (TPSA) is 113 Å². The Morgan fingerprint density at radius 1 is 0.769 bits per heavy atom. The molecule has 0 aliphatic rings. The fourth-order valence-electron chi connectivity index (χ4n) is 5.88. The van der Waals surface area contributed by atoms with E-state index in [9.17, 15) is 31.2 Å². The Morgan fingerprint density at radius 2 is 1.35 bits per heavy atom. The lowest BCUT2D eigenvalue weighted by Gasteiger charge is -2.20. The molecule has 13 heteroatoms. The summed E-state index contributed by atoms with van der Waals surface area (Å²) in [6, 6.07) is 27.4. The van der Waals surface area contributed by atoms with E-state index in [-0.39, 0.29) is 29.8 Å². The van der Waals surface area contributed by atoms with Crippen molar-refractivity contribution in [3.05, 3.63) is 147 Å². The molecule has 5 aromatic rings. The number of amides is 2. The lowest BCUT2D eigenvalue weighted by molar-refractivity contribution is -0.137. The summed E-state index contributed by atoms with van der Waals surface area (Å²) in [6.45, 7) is 3.31. The van der Waals surface area contributed by atoms with Gasteiger partial charge in [0.15, 0.2) is 0 Å². The van der Waals surface area contributed by atoms with Crippen LogP contribution in [0.4, 0.5) is 18.9 Å². The van der Waals surface area contributed by atoms with Crippen molar-refractivity contribution in [3.63, 3.8) is 0 Å². The second-order valence-electron chi connectivity index (χ2n) is 12.3. The van der Waals surface area contributed by atoms with Crippen LogP contribution in [-0.2, 0) is 27.5 Å². The van der Waals surface area contributed by atoms with E-state index in [0.717, 1.165) is 22.8 Å². The second kappa shape index (κ2) is 15.9. The SMILES string of the molecule is Cc1cc(Cl)ccc1-c1ccc(C(Cc2ccc(C(=O)NCCS(=O)(=O)O)cc2)C(=O)Nc2ccc(-c3ccc(Cl)cc3C)c(C(F)(F)F)c2)cc1. The van der Waals surface area contributed by atoms with Crippen LogP contribution in [0.3, 0.4) is 0 Å². The molecule has 0 aliphatic heterocycles. The summed E-state index contributed by atoms with van der Waals surface area (Å²) in [5.41, 5.74) is 4.17. The van der Waals surface area contributed by atoms with E-state index >= 15 is 0 Å². The number of carbonyl (C=O) groups is 2. The van der Waals surface area contributed by atoms with Crippen molar-refractivity contribution < 1.29 is 35.7 Å². The third-order valence-electron chi connectivity index (χ3n) is 8.50. The Labute approximate surface area is 309 Å². The van der Waals surface area contributed by atoms with Crippen LogP contribution in [0.25, 0.3) is 22.3 Å². The van der Waals surface area contributed by atoms with E-state index < -0.39 is 45.3 Å². The summed E-state index contributed by atoms with van der Waals surface area (Å²) in [4.78, 5) is 26.5. The van der Waals surface area contributed by atoms with E-state index in [0.29, 0.717) is 32.3 Å². The maximum Gasteiger partial charge on any atom is 0.417 e. The number of aryl methyl sites for hydroxylation is 2.